The number of anilines is 1. The van der Waals surface area contributed by atoms with Gasteiger partial charge in [-0.05, 0) is 116 Å². The van der Waals surface area contributed by atoms with Crippen molar-refractivity contribution >= 4 is 11.8 Å². The van der Waals surface area contributed by atoms with Crippen molar-refractivity contribution in [1.82, 2.24) is 0 Å². The lowest BCUT2D eigenvalue weighted by Gasteiger charge is -2.58. The fraction of sp³-hybridized carbons (Fsp3) is 0.735. The highest BCUT2D eigenvalue weighted by Crippen LogP contribution is 2.67. The van der Waals surface area contributed by atoms with Gasteiger partial charge in [0.05, 0.1) is 0 Å². The van der Waals surface area contributed by atoms with Crippen molar-refractivity contribution in [2.24, 2.45) is 46.3 Å². The Kier molecular flexibility index (Phi) is 7.91. The fourth-order valence-corrected chi connectivity index (χ4v) is 9.60. The molecule has 0 spiro atoms. The first-order valence-electron chi connectivity index (χ1n) is 15.6. The lowest BCUT2D eigenvalue weighted by Crippen LogP contribution is -2.51. The molecule has 4 aliphatic carbocycles. The molecule has 4 aliphatic rings. The third-order valence-electron chi connectivity index (χ3n) is 11.6. The Labute approximate surface area is 231 Å². The number of carbonyl (C=O) groups is 1. The van der Waals surface area contributed by atoms with Crippen molar-refractivity contribution in [3.8, 4) is 5.75 Å². The van der Waals surface area contributed by atoms with Crippen LogP contribution in [0.2, 0.25) is 0 Å². The molecule has 0 saturated heterocycles. The first-order valence-corrected chi connectivity index (χ1v) is 15.6. The van der Waals surface area contributed by atoms with Crippen LogP contribution in [-0.4, -0.2) is 17.3 Å². The number of hydrogen-bond acceptors (Lipinski definition) is 3. The summed E-state index contributed by atoms with van der Waals surface area (Å²) in [6, 6.07) is 6.52. The third-order valence-corrected chi connectivity index (χ3v) is 11.6. The van der Waals surface area contributed by atoms with Crippen molar-refractivity contribution < 1.29 is 14.6 Å². The van der Waals surface area contributed by atoms with Gasteiger partial charge < -0.3 is 9.84 Å². The number of carbonyl (C=O) groups excluding carboxylic acids is 1. The van der Waals surface area contributed by atoms with Gasteiger partial charge in [0.2, 0.25) is 0 Å². The van der Waals surface area contributed by atoms with Crippen LogP contribution < -0.4 is 5.32 Å². The number of ether oxygens (including phenoxy) is 1. The summed E-state index contributed by atoms with van der Waals surface area (Å²) >= 11 is 0. The molecule has 0 radical (unpaired) electrons. The van der Waals surface area contributed by atoms with E-state index in [0.717, 1.165) is 54.8 Å². The Bertz CT molecular complexity index is 1020. The third kappa shape index (κ3) is 5.26. The summed E-state index contributed by atoms with van der Waals surface area (Å²) in [5.41, 5.74) is 2.97. The zero-order chi connectivity index (χ0) is 27.1. The molecule has 0 unspecified atom stereocenters. The zero-order valence-electron chi connectivity index (χ0n) is 24.5. The number of allylic oxidation sites excluding steroid dienone is 1. The maximum atomic E-state index is 12.6. The summed E-state index contributed by atoms with van der Waals surface area (Å²) < 4.78 is 5.87. The summed E-state index contributed by atoms with van der Waals surface area (Å²) in [6.07, 6.45) is 16.1. The molecule has 8 atom stereocenters. The van der Waals surface area contributed by atoms with Crippen LogP contribution in [0.25, 0.3) is 0 Å². The van der Waals surface area contributed by atoms with Crippen molar-refractivity contribution in [3.05, 3.63) is 35.9 Å². The Morgan fingerprint density at radius 1 is 1.03 bits per heavy atom. The van der Waals surface area contributed by atoms with E-state index < -0.39 is 6.09 Å². The lowest BCUT2D eigenvalue weighted by atomic mass is 9.47. The molecule has 1 amide bonds. The summed E-state index contributed by atoms with van der Waals surface area (Å²) in [7, 11) is 0. The minimum Gasteiger partial charge on any atom is -0.508 e. The van der Waals surface area contributed by atoms with Crippen molar-refractivity contribution in [3.63, 3.8) is 0 Å². The average molecular weight is 522 g/mol. The Morgan fingerprint density at radius 3 is 2.53 bits per heavy atom. The number of rotatable bonds is 7. The lowest BCUT2D eigenvalue weighted by molar-refractivity contribution is -0.0577. The quantitative estimate of drug-likeness (QED) is 0.277. The molecular weight excluding hydrogens is 470 g/mol. The van der Waals surface area contributed by atoms with Crippen LogP contribution in [0.4, 0.5) is 10.5 Å². The van der Waals surface area contributed by atoms with E-state index in [2.05, 4.69) is 46.0 Å². The van der Waals surface area contributed by atoms with Gasteiger partial charge in [0.15, 0.2) is 0 Å². The highest BCUT2D eigenvalue weighted by molar-refractivity contribution is 5.84. The fourth-order valence-electron chi connectivity index (χ4n) is 9.60. The predicted octanol–water partition coefficient (Wildman–Crippen LogP) is 9.35. The number of amides is 1. The predicted molar refractivity (Wildman–Crippen MR) is 155 cm³/mol. The van der Waals surface area contributed by atoms with Crippen molar-refractivity contribution in [2.75, 3.05) is 5.32 Å². The van der Waals surface area contributed by atoms with E-state index in [1.54, 1.807) is 29.8 Å². The first kappa shape index (κ1) is 27.6. The van der Waals surface area contributed by atoms with Crippen molar-refractivity contribution in [2.45, 2.75) is 111 Å². The van der Waals surface area contributed by atoms with Crippen LogP contribution >= 0.6 is 0 Å². The van der Waals surface area contributed by atoms with E-state index in [1.807, 2.05) is 0 Å². The van der Waals surface area contributed by atoms with Gasteiger partial charge in [-0.2, -0.15) is 0 Å². The number of nitrogens with one attached hydrogen (secondary N) is 1. The maximum Gasteiger partial charge on any atom is 0.411 e. The van der Waals surface area contributed by atoms with Gasteiger partial charge in [-0.15, -0.1) is 0 Å². The van der Waals surface area contributed by atoms with Crippen LogP contribution in [-0.2, 0) is 4.74 Å². The molecule has 4 nitrogen and oxygen atoms in total. The van der Waals surface area contributed by atoms with Gasteiger partial charge in [0, 0.05) is 12.1 Å². The average Bonchev–Trinajstić information content (AvgIpc) is 3.23. The second kappa shape index (κ2) is 10.9. The van der Waals surface area contributed by atoms with E-state index in [0.29, 0.717) is 11.1 Å². The summed E-state index contributed by atoms with van der Waals surface area (Å²) in [4.78, 5) is 12.6. The molecule has 210 valence electrons. The Balaban J connectivity index is 1.21. The molecule has 0 aliphatic heterocycles. The van der Waals surface area contributed by atoms with Gasteiger partial charge in [-0.25, -0.2) is 4.79 Å². The van der Waals surface area contributed by atoms with E-state index >= 15 is 0 Å². The molecule has 0 heterocycles. The molecule has 1 aromatic carbocycles. The van der Waals surface area contributed by atoms with Gasteiger partial charge in [0.1, 0.15) is 11.9 Å². The normalized spacial score (nSPS) is 37.0. The topological polar surface area (TPSA) is 58.6 Å². The first-order chi connectivity index (χ1) is 18.1. The standard InChI is InChI=1S/C34H51NO3/c1-22(2)7-6-8-23(3)29-15-16-30-28-14-9-24-21-27(38-32(37)35-25-10-12-26(36)13-11-25)17-19-33(24,4)31(28)18-20-34(29,30)5/h9-13,22-23,27-31,36H,6-8,14-21H2,1-5H3,(H,35,37)/t23-,27+,28+,29-,30+,31+,33+,34-/m1/s1. The van der Waals surface area contributed by atoms with Crippen LogP contribution in [0, 0.1) is 46.3 Å². The van der Waals surface area contributed by atoms with Crippen molar-refractivity contribution in [1.29, 1.82) is 0 Å². The molecule has 0 bridgehead atoms. The number of fused-ring (bicyclic) bond motifs is 5. The molecule has 0 aromatic heterocycles. The number of aromatic hydroxyl groups is 1. The number of hydrogen-bond donors (Lipinski definition) is 2. The number of benzene rings is 1. The minimum atomic E-state index is -0.397. The Morgan fingerprint density at radius 2 is 1.79 bits per heavy atom. The highest BCUT2D eigenvalue weighted by atomic mass is 16.6. The summed E-state index contributed by atoms with van der Waals surface area (Å²) in [5.74, 6) is 5.24. The molecule has 5 rings (SSSR count). The van der Waals surface area contributed by atoms with E-state index in [1.165, 1.54) is 51.4 Å². The molecule has 38 heavy (non-hydrogen) atoms. The van der Waals surface area contributed by atoms with Gasteiger partial charge in [0.25, 0.3) is 0 Å². The maximum absolute atomic E-state index is 12.6. The molecule has 2 N–H and O–H groups in total. The highest BCUT2D eigenvalue weighted by Gasteiger charge is 2.59. The smallest absolute Gasteiger partial charge is 0.411 e. The van der Waals surface area contributed by atoms with E-state index in [9.17, 15) is 9.90 Å². The number of phenols is 1. The van der Waals surface area contributed by atoms with Gasteiger partial charge in [-0.1, -0.05) is 65.5 Å². The summed E-state index contributed by atoms with van der Waals surface area (Å²) in [6.45, 7) is 12.5. The molecule has 4 heteroatoms. The number of phenolic OH excluding ortho intramolecular Hbond substituents is 1. The van der Waals surface area contributed by atoms with Crippen LogP contribution in [0.1, 0.15) is 105 Å². The van der Waals surface area contributed by atoms with Crippen LogP contribution in [0.3, 0.4) is 0 Å². The SMILES string of the molecule is CC(C)CCC[C@@H](C)[C@H]1CC[C@H]2[C@@H]3CC=C4C[C@@H](OC(=O)Nc5ccc(O)cc5)CC[C@]4(C)[C@H]3CC[C@]12C. The van der Waals surface area contributed by atoms with E-state index in [4.69, 9.17) is 4.74 Å². The monoisotopic (exact) mass is 521 g/mol. The van der Waals surface area contributed by atoms with E-state index in [-0.39, 0.29) is 17.3 Å². The van der Waals surface area contributed by atoms with Gasteiger partial charge in [-0.3, -0.25) is 5.32 Å². The largest absolute Gasteiger partial charge is 0.508 e. The second-order valence-corrected chi connectivity index (χ2v) is 14.2. The minimum absolute atomic E-state index is 0.0561. The molecular formula is C34H51NO3. The zero-order valence-corrected chi connectivity index (χ0v) is 24.5. The second-order valence-electron chi connectivity index (χ2n) is 14.2. The summed E-state index contributed by atoms with van der Waals surface area (Å²) in [5, 5.41) is 12.3. The molecule has 1 aromatic rings. The van der Waals surface area contributed by atoms with Crippen LogP contribution in [0.5, 0.6) is 5.75 Å². The van der Waals surface area contributed by atoms with Gasteiger partial charge >= 0.3 is 6.09 Å². The molecule has 3 saturated carbocycles. The molecule has 3 fully saturated rings. The Hall–Kier alpha value is -1.97. The van der Waals surface area contributed by atoms with Crippen LogP contribution in [0.15, 0.2) is 35.9 Å².